The average molecular weight is 382 g/mol. The van der Waals surface area contributed by atoms with Crippen LogP contribution in [-0.2, 0) is 0 Å². The zero-order valence-corrected chi connectivity index (χ0v) is 17.1. The zero-order valence-electron chi connectivity index (χ0n) is 17.1. The Morgan fingerprint density at radius 2 is 1.75 bits per heavy atom. The van der Waals surface area contributed by atoms with Crippen molar-refractivity contribution < 1.29 is 9.53 Å². The summed E-state index contributed by atoms with van der Waals surface area (Å²) in [4.78, 5) is 17.6. The predicted octanol–water partition coefficient (Wildman–Crippen LogP) is 3.11. The molecular formula is C23H31N3O2. The number of nitrogens with zero attached hydrogens (tertiary/aromatic N) is 2. The van der Waals surface area contributed by atoms with Gasteiger partial charge < -0.3 is 15.0 Å². The summed E-state index contributed by atoms with van der Waals surface area (Å²) in [6, 6.07) is 15.9. The SMILES string of the molecule is CCN1CCN(C(CNC(=O)c2ccc(C)cc2)c2ccccc2OC)CC1. The Balaban J connectivity index is 1.76. The summed E-state index contributed by atoms with van der Waals surface area (Å²) >= 11 is 0. The molecule has 1 atom stereocenters. The molecule has 0 bridgehead atoms. The first-order valence-corrected chi connectivity index (χ1v) is 10.1. The molecule has 1 heterocycles. The number of amides is 1. The third-order valence-corrected chi connectivity index (χ3v) is 5.56. The average Bonchev–Trinajstić information content (AvgIpc) is 2.75. The molecule has 1 saturated heterocycles. The molecule has 5 heteroatoms. The molecule has 1 unspecified atom stereocenters. The van der Waals surface area contributed by atoms with E-state index in [-0.39, 0.29) is 11.9 Å². The molecule has 2 aromatic rings. The van der Waals surface area contributed by atoms with Gasteiger partial charge in [0.1, 0.15) is 5.75 Å². The summed E-state index contributed by atoms with van der Waals surface area (Å²) in [6.07, 6.45) is 0. The smallest absolute Gasteiger partial charge is 0.251 e. The highest BCUT2D eigenvalue weighted by Crippen LogP contribution is 2.29. The molecule has 1 aliphatic heterocycles. The molecule has 0 radical (unpaired) electrons. The number of para-hydroxylation sites is 1. The standard InChI is InChI=1S/C23H31N3O2/c1-4-25-13-15-26(16-14-25)21(20-7-5-6-8-22(20)28-3)17-24-23(27)19-11-9-18(2)10-12-19/h5-12,21H,4,13-17H2,1-3H3,(H,24,27). The Labute approximate surface area is 168 Å². The van der Waals surface area contributed by atoms with Crippen molar-refractivity contribution in [2.24, 2.45) is 0 Å². The summed E-state index contributed by atoms with van der Waals surface area (Å²) in [5, 5.41) is 3.14. The molecule has 28 heavy (non-hydrogen) atoms. The molecule has 0 aromatic heterocycles. The molecule has 5 nitrogen and oxygen atoms in total. The summed E-state index contributed by atoms with van der Waals surface area (Å²) < 4.78 is 5.61. The lowest BCUT2D eigenvalue weighted by atomic mass is 10.0. The van der Waals surface area contributed by atoms with Crippen molar-refractivity contribution in [3.63, 3.8) is 0 Å². The van der Waals surface area contributed by atoms with E-state index in [2.05, 4.69) is 28.1 Å². The van der Waals surface area contributed by atoms with Gasteiger partial charge in [0.05, 0.1) is 13.2 Å². The minimum atomic E-state index is -0.0351. The van der Waals surface area contributed by atoms with Crippen molar-refractivity contribution >= 4 is 5.91 Å². The third-order valence-electron chi connectivity index (χ3n) is 5.56. The van der Waals surface area contributed by atoms with Gasteiger partial charge in [-0.05, 0) is 31.7 Å². The van der Waals surface area contributed by atoms with E-state index < -0.39 is 0 Å². The lowest BCUT2D eigenvalue weighted by molar-refractivity contribution is 0.0850. The van der Waals surface area contributed by atoms with E-state index in [0.29, 0.717) is 12.1 Å². The van der Waals surface area contributed by atoms with E-state index in [0.717, 1.165) is 49.6 Å². The van der Waals surface area contributed by atoms with Gasteiger partial charge in [0, 0.05) is 43.9 Å². The van der Waals surface area contributed by atoms with Crippen LogP contribution in [-0.4, -0.2) is 62.1 Å². The van der Waals surface area contributed by atoms with Gasteiger partial charge in [0.25, 0.3) is 5.91 Å². The molecule has 1 aliphatic rings. The maximum atomic E-state index is 12.7. The van der Waals surface area contributed by atoms with Gasteiger partial charge in [-0.2, -0.15) is 0 Å². The third kappa shape index (κ3) is 4.91. The lowest BCUT2D eigenvalue weighted by Gasteiger charge is -2.39. The van der Waals surface area contributed by atoms with Gasteiger partial charge in [-0.1, -0.05) is 42.8 Å². The van der Waals surface area contributed by atoms with Crippen LogP contribution in [0.25, 0.3) is 0 Å². The monoisotopic (exact) mass is 381 g/mol. The number of hydrogen-bond donors (Lipinski definition) is 1. The Kier molecular flexibility index (Phi) is 7.06. The maximum Gasteiger partial charge on any atom is 0.251 e. The summed E-state index contributed by atoms with van der Waals surface area (Å²) in [7, 11) is 1.70. The fraction of sp³-hybridized carbons (Fsp3) is 0.435. The number of methoxy groups -OCH3 is 1. The molecular weight excluding hydrogens is 350 g/mol. The zero-order chi connectivity index (χ0) is 19.9. The second-order valence-corrected chi connectivity index (χ2v) is 7.30. The molecule has 1 amide bonds. The van der Waals surface area contributed by atoms with Crippen LogP contribution < -0.4 is 10.1 Å². The normalized spacial score (nSPS) is 16.5. The summed E-state index contributed by atoms with van der Waals surface area (Å²) in [5.74, 6) is 0.835. The molecule has 2 aromatic carbocycles. The van der Waals surface area contributed by atoms with Gasteiger partial charge in [-0.3, -0.25) is 9.69 Å². The largest absolute Gasteiger partial charge is 0.496 e. The van der Waals surface area contributed by atoms with Gasteiger partial charge in [-0.15, -0.1) is 0 Å². The van der Waals surface area contributed by atoms with E-state index in [1.54, 1.807) is 7.11 Å². The first kappa shape index (κ1) is 20.4. The molecule has 0 aliphatic carbocycles. The highest BCUT2D eigenvalue weighted by atomic mass is 16.5. The highest BCUT2D eigenvalue weighted by molar-refractivity contribution is 5.94. The van der Waals surface area contributed by atoms with Crippen LogP contribution in [0, 0.1) is 6.92 Å². The van der Waals surface area contributed by atoms with E-state index in [1.165, 1.54) is 0 Å². The fourth-order valence-corrected chi connectivity index (χ4v) is 3.77. The second-order valence-electron chi connectivity index (χ2n) is 7.30. The van der Waals surface area contributed by atoms with Crippen LogP contribution in [0.3, 0.4) is 0 Å². The van der Waals surface area contributed by atoms with Gasteiger partial charge in [-0.25, -0.2) is 0 Å². The number of rotatable bonds is 7. The van der Waals surface area contributed by atoms with Gasteiger partial charge in [0.2, 0.25) is 0 Å². The van der Waals surface area contributed by atoms with Crippen molar-refractivity contribution in [1.29, 1.82) is 0 Å². The highest BCUT2D eigenvalue weighted by Gasteiger charge is 2.27. The number of hydrogen-bond acceptors (Lipinski definition) is 4. The number of carbonyl (C=O) groups excluding carboxylic acids is 1. The predicted molar refractivity (Wildman–Crippen MR) is 113 cm³/mol. The molecule has 3 rings (SSSR count). The molecule has 1 fully saturated rings. The van der Waals surface area contributed by atoms with E-state index in [9.17, 15) is 4.79 Å². The van der Waals surface area contributed by atoms with Crippen molar-refractivity contribution in [1.82, 2.24) is 15.1 Å². The number of carbonyl (C=O) groups is 1. The van der Waals surface area contributed by atoms with Crippen LogP contribution in [0.2, 0.25) is 0 Å². The van der Waals surface area contributed by atoms with Crippen molar-refractivity contribution in [2.45, 2.75) is 19.9 Å². The Morgan fingerprint density at radius 3 is 2.39 bits per heavy atom. The number of nitrogens with one attached hydrogen (secondary N) is 1. The number of aryl methyl sites for hydroxylation is 1. The van der Waals surface area contributed by atoms with Gasteiger partial charge >= 0.3 is 0 Å². The minimum absolute atomic E-state index is 0.0351. The molecule has 0 saturated carbocycles. The van der Waals surface area contributed by atoms with E-state index in [1.807, 2.05) is 49.4 Å². The van der Waals surface area contributed by atoms with Crippen LogP contribution in [0.4, 0.5) is 0 Å². The van der Waals surface area contributed by atoms with Crippen LogP contribution >= 0.6 is 0 Å². The molecule has 1 N–H and O–H groups in total. The fourth-order valence-electron chi connectivity index (χ4n) is 3.77. The number of likely N-dealkylation sites (N-methyl/N-ethyl adjacent to an activating group) is 1. The van der Waals surface area contributed by atoms with Gasteiger partial charge in [0.15, 0.2) is 0 Å². The van der Waals surface area contributed by atoms with E-state index >= 15 is 0 Å². The van der Waals surface area contributed by atoms with Crippen molar-refractivity contribution in [2.75, 3.05) is 46.4 Å². The Morgan fingerprint density at radius 1 is 1.07 bits per heavy atom. The van der Waals surface area contributed by atoms with E-state index in [4.69, 9.17) is 4.74 Å². The Bertz CT molecular complexity index is 768. The van der Waals surface area contributed by atoms with Crippen molar-refractivity contribution in [3.8, 4) is 5.75 Å². The lowest BCUT2D eigenvalue weighted by Crippen LogP contribution is -2.49. The number of benzene rings is 2. The summed E-state index contributed by atoms with van der Waals surface area (Å²) in [6.45, 7) is 9.93. The van der Waals surface area contributed by atoms with Crippen LogP contribution in [0.5, 0.6) is 5.75 Å². The second kappa shape index (κ2) is 9.71. The number of piperazine rings is 1. The first-order valence-electron chi connectivity index (χ1n) is 10.1. The Hall–Kier alpha value is -2.37. The number of ether oxygens (including phenoxy) is 1. The maximum absolute atomic E-state index is 12.7. The topological polar surface area (TPSA) is 44.8 Å². The van der Waals surface area contributed by atoms with Crippen LogP contribution in [0.15, 0.2) is 48.5 Å². The first-order chi connectivity index (χ1) is 13.6. The molecule has 0 spiro atoms. The van der Waals surface area contributed by atoms with Crippen molar-refractivity contribution in [3.05, 3.63) is 65.2 Å². The quantitative estimate of drug-likeness (QED) is 0.800. The van der Waals surface area contributed by atoms with Crippen LogP contribution in [0.1, 0.15) is 34.5 Å². The minimum Gasteiger partial charge on any atom is -0.496 e. The summed E-state index contributed by atoms with van der Waals surface area (Å²) in [5.41, 5.74) is 2.97. The molecule has 150 valence electrons.